The fraction of sp³-hybridized carbons (Fsp3) is 0.333. The molecule has 0 aliphatic carbocycles. The molecule has 4 heteroatoms. The van der Waals surface area contributed by atoms with Crippen LogP contribution in [0.1, 0.15) is 31.0 Å². The quantitative estimate of drug-likeness (QED) is 0.810. The van der Waals surface area contributed by atoms with E-state index < -0.39 is 0 Å². The van der Waals surface area contributed by atoms with Crippen LogP contribution in [-0.2, 0) is 0 Å². The summed E-state index contributed by atoms with van der Waals surface area (Å²) in [5.41, 5.74) is 2.33. The van der Waals surface area contributed by atoms with Crippen molar-refractivity contribution >= 4 is 0 Å². The van der Waals surface area contributed by atoms with Crippen LogP contribution in [0.5, 0.6) is 0 Å². The average Bonchev–Trinajstić information content (AvgIpc) is 2.67. The maximum Gasteiger partial charge on any atom is 0.254 e. The van der Waals surface area contributed by atoms with E-state index >= 15 is 0 Å². The van der Waals surface area contributed by atoms with Gasteiger partial charge in [0, 0.05) is 17.5 Å². The fourth-order valence-electron chi connectivity index (χ4n) is 1.88. The zero-order chi connectivity index (χ0) is 11.7. The molecule has 2 aromatic heterocycles. The van der Waals surface area contributed by atoms with Gasteiger partial charge in [-0.1, -0.05) is 13.8 Å². The van der Waals surface area contributed by atoms with Crippen LogP contribution in [0.25, 0.3) is 11.5 Å². The van der Waals surface area contributed by atoms with Gasteiger partial charge in [-0.2, -0.15) is 0 Å². The molecule has 0 aromatic carbocycles. The first kappa shape index (κ1) is 10.7. The molecule has 0 saturated heterocycles. The lowest BCUT2D eigenvalue weighted by Gasteiger charge is -2.08. The van der Waals surface area contributed by atoms with E-state index in [-0.39, 0.29) is 11.5 Å². The van der Waals surface area contributed by atoms with E-state index in [0.717, 1.165) is 17.0 Å². The number of nitrogens with zero attached hydrogens (tertiary/aromatic N) is 1. The maximum atomic E-state index is 11.9. The second-order valence-electron chi connectivity index (χ2n) is 4.15. The molecule has 0 saturated carbocycles. The van der Waals surface area contributed by atoms with Crippen molar-refractivity contribution < 1.29 is 0 Å². The molecule has 4 nitrogen and oxygen atoms in total. The van der Waals surface area contributed by atoms with Gasteiger partial charge >= 0.3 is 0 Å². The van der Waals surface area contributed by atoms with Gasteiger partial charge in [0.25, 0.3) is 5.56 Å². The molecule has 0 atom stereocenters. The van der Waals surface area contributed by atoms with Crippen molar-refractivity contribution in [2.45, 2.75) is 26.7 Å². The van der Waals surface area contributed by atoms with Crippen molar-refractivity contribution in [2.24, 2.45) is 0 Å². The van der Waals surface area contributed by atoms with Crippen LogP contribution < -0.4 is 5.56 Å². The average molecular weight is 217 g/mol. The number of H-pyrrole nitrogens is 2. The largest absolute Gasteiger partial charge is 0.359 e. The molecular formula is C12H15N3O. The molecule has 0 unspecified atom stereocenters. The molecular weight excluding hydrogens is 202 g/mol. The first-order valence-electron chi connectivity index (χ1n) is 5.34. The predicted molar refractivity (Wildman–Crippen MR) is 63.5 cm³/mol. The number of nitrogens with one attached hydrogen (secondary N) is 2. The molecule has 2 N–H and O–H groups in total. The van der Waals surface area contributed by atoms with Crippen molar-refractivity contribution in [3.63, 3.8) is 0 Å². The Morgan fingerprint density at radius 3 is 2.62 bits per heavy atom. The van der Waals surface area contributed by atoms with Gasteiger partial charge in [-0.15, -0.1) is 0 Å². The van der Waals surface area contributed by atoms with Crippen molar-refractivity contribution in [3.05, 3.63) is 39.9 Å². The summed E-state index contributed by atoms with van der Waals surface area (Å²) in [6.07, 6.45) is 1.81. The highest BCUT2D eigenvalue weighted by Crippen LogP contribution is 2.16. The number of aryl methyl sites for hydroxylation is 1. The Balaban J connectivity index is 2.58. The smallest absolute Gasteiger partial charge is 0.254 e. The van der Waals surface area contributed by atoms with E-state index in [1.165, 1.54) is 0 Å². The number of hydrogen-bond donors (Lipinski definition) is 2. The summed E-state index contributed by atoms with van der Waals surface area (Å²) in [7, 11) is 0. The molecule has 0 fully saturated rings. The van der Waals surface area contributed by atoms with Gasteiger partial charge in [-0.25, -0.2) is 4.98 Å². The summed E-state index contributed by atoms with van der Waals surface area (Å²) >= 11 is 0. The predicted octanol–water partition coefficient (Wildman–Crippen LogP) is 2.20. The zero-order valence-corrected chi connectivity index (χ0v) is 9.66. The third-order valence-electron chi connectivity index (χ3n) is 2.58. The summed E-state index contributed by atoms with van der Waals surface area (Å²) in [5.74, 6) is 0.783. The minimum absolute atomic E-state index is 0.0490. The second-order valence-corrected chi connectivity index (χ2v) is 4.15. The lowest BCUT2D eigenvalue weighted by Crippen LogP contribution is -2.18. The highest BCUT2D eigenvalue weighted by molar-refractivity contribution is 5.49. The molecule has 2 aromatic rings. The number of aromatic nitrogens is 3. The Hall–Kier alpha value is -1.84. The van der Waals surface area contributed by atoms with Gasteiger partial charge in [0.05, 0.1) is 5.69 Å². The van der Waals surface area contributed by atoms with E-state index in [9.17, 15) is 4.79 Å². The summed E-state index contributed by atoms with van der Waals surface area (Å²) < 4.78 is 0. The van der Waals surface area contributed by atoms with Crippen LogP contribution in [0.15, 0.2) is 23.1 Å². The van der Waals surface area contributed by atoms with E-state index in [1.54, 1.807) is 6.20 Å². The topological polar surface area (TPSA) is 61.5 Å². The zero-order valence-electron chi connectivity index (χ0n) is 9.66. The normalized spacial score (nSPS) is 11.0. The summed E-state index contributed by atoms with van der Waals surface area (Å²) in [5, 5.41) is 0. The molecule has 0 spiro atoms. The lowest BCUT2D eigenvalue weighted by atomic mass is 10.0. The SMILES string of the molecule is Cc1nc(-c2ccc[nH]2)[nH]c(=O)c1C(C)C. The molecule has 84 valence electrons. The van der Waals surface area contributed by atoms with Gasteiger partial charge in [-0.05, 0) is 25.0 Å². The van der Waals surface area contributed by atoms with Gasteiger partial charge in [0.2, 0.25) is 0 Å². The first-order valence-corrected chi connectivity index (χ1v) is 5.34. The molecule has 0 radical (unpaired) electrons. The minimum Gasteiger partial charge on any atom is -0.359 e. The highest BCUT2D eigenvalue weighted by atomic mass is 16.1. The monoisotopic (exact) mass is 217 g/mol. The summed E-state index contributed by atoms with van der Waals surface area (Å²) in [6.45, 7) is 5.86. The number of hydrogen-bond acceptors (Lipinski definition) is 2. The molecule has 2 rings (SSSR count). The third-order valence-corrected chi connectivity index (χ3v) is 2.58. The summed E-state index contributed by atoms with van der Waals surface area (Å²) in [6, 6.07) is 3.76. The number of aromatic amines is 2. The first-order chi connectivity index (χ1) is 7.59. The van der Waals surface area contributed by atoms with Crippen molar-refractivity contribution in [3.8, 4) is 11.5 Å². The Kier molecular flexibility index (Phi) is 2.64. The highest BCUT2D eigenvalue weighted by Gasteiger charge is 2.12. The number of rotatable bonds is 2. The molecule has 0 bridgehead atoms. The van der Waals surface area contributed by atoms with Crippen LogP contribution in [0.3, 0.4) is 0 Å². The van der Waals surface area contributed by atoms with Crippen molar-refractivity contribution in [1.29, 1.82) is 0 Å². The Labute approximate surface area is 93.8 Å². The van der Waals surface area contributed by atoms with E-state index in [1.807, 2.05) is 32.9 Å². The van der Waals surface area contributed by atoms with Crippen LogP contribution in [0.4, 0.5) is 0 Å². The van der Waals surface area contributed by atoms with E-state index in [2.05, 4.69) is 15.0 Å². The molecule has 0 aliphatic heterocycles. The van der Waals surface area contributed by atoms with E-state index in [0.29, 0.717) is 5.82 Å². The van der Waals surface area contributed by atoms with Gasteiger partial charge < -0.3 is 9.97 Å². The Bertz CT molecular complexity index is 538. The van der Waals surface area contributed by atoms with Crippen LogP contribution >= 0.6 is 0 Å². The van der Waals surface area contributed by atoms with Crippen LogP contribution in [-0.4, -0.2) is 15.0 Å². The lowest BCUT2D eigenvalue weighted by molar-refractivity contribution is 0.814. The third kappa shape index (κ3) is 1.78. The van der Waals surface area contributed by atoms with Crippen molar-refractivity contribution in [1.82, 2.24) is 15.0 Å². The molecule has 0 amide bonds. The Morgan fingerprint density at radius 2 is 2.12 bits per heavy atom. The molecule has 16 heavy (non-hydrogen) atoms. The second kappa shape index (κ2) is 3.96. The van der Waals surface area contributed by atoms with Gasteiger partial charge in [0.1, 0.15) is 0 Å². The summed E-state index contributed by atoms with van der Waals surface area (Å²) in [4.78, 5) is 22.1. The van der Waals surface area contributed by atoms with E-state index in [4.69, 9.17) is 0 Å². The van der Waals surface area contributed by atoms with Crippen LogP contribution in [0, 0.1) is 6.92 Å². The fourth-order valence-corrected chi connectivity index (χ4v) is 1.88. The maximum absolute atomic E-state index is 11.9. The van der Waals surface area contributed by atoms with Crippen molar-refractivity contribution in [2.75, 3.05) is 0 Å². The molecule has 0 aliphatic rings. The van der Waals surface area contributed by atoms with Gasteiger partial charge in [-0.3, -0.25) is 4.79 Å². The Morgan fingerprint density at radius 1 is 1.38 bits per heavy atom. The minimum atomic E-state index is -0.0490. The van der Waals surface area contributed by atoms with Crippen LogP contribution in [0.2, 0.25) is 0 Å². The standard InChI is InChI=1S/C12H15N3O/c1-7(2)10-8(3)14-11(15-12(10)16)9-5-4-6-13-9/h4-7,13H,1-3H3,(H,14,15,16). The van der Waals surface area contributed by atoms with Gasteiger partial charge in [0.15, 0.2) is 5.82 Å². The molecule has 2 heterocycles.